The second-order valence-corrected chi connectivity index (χ2v) is 5.13. The van der Waals surface area contributed by atoms with E-state index in [9.17, 15) is 18.4 Å². The van der Waals surface area contributed by atoms with E-state index >= 15 is 0 Å². The first-order chi connectivity index (χ1) is 9.43. The lowest BCUT2D eigenvalue weighted by molar-refractivity contribution is -0.154. The van der Waals surface area contributed by atoms with E-state index in [0.29, 0.717) is 18.9 Å². The molecule has 0 radical (unpaired) electrons. The van der Waals surface area contributed by atoms with Crippen molar-refractivity contribution in [3.05, 3.63) is 35.4 Å². The van der Waals surface area contributed by atoms with Gasteiger partial charge in [0.25, 0.3) is 0 Å². The summed E-state index contributed by atoms with van der Waals surface area (Å²) in [6.07, 6.45) is 1.66. The van der Waals surface area contributed by atoms with E-state index in [-0.39, 0.29) is 18.5 Å². The van der Waals surface area contributed by atoms with Gasteiger partial charge in [0, 0.05) is 12.6 Å². The number of rotatable bonds is 5. The number of hydrogen-bond donors (Lipinski definition) is 2. The molecular formula is C14H15F2NO3. The molecule has 1 aromatic rings. The van der Waals surface area contributed by atoms with Crippen LogP contribution in [-0.2, 0) is 16.0 Å². The molecule has 0 saturated heterocycles. The molecule has 1 aliphatic rings. The minimum Gasteiger partial charge on any atom is -0.481 e. The predicted molar refractivity (Wildman–Crippen MR) is 67.0 cm³/mol. The molecule has 0 unspecified atom stereocenters. The average Bonchev–Trinajstić information content (AvgIpc) is 2.31. The van der Waals surface area contributed by atoms with Crippen molar-refractivity contribution < 1.29 is 23.5 Å². The van der Waals surface area contributed by atoms with Crippen molar-refractivity contribution in [2.75, 3.05) is 6.54 Å². The van der Waals surface area contributed by atoms with Gasteiger partial charge in [0.05, 0.1) is 11.8 Å². The summed E-state index contributed by atoms with van der Waals surface area (Å²) in [4.78, 5) is 22.8. The van der Waals surface area contributed by atoms with Crippen LogP contribution in [0.1, 0.15) is 24.8 Å². The second kappa shape index (κ2) is 5.56. The van der Waals surface area contributed by atoms with Gasteiger partial charge in [0.1, 0.15) is 11.6 Å². The molecule has 1 fully saturated rings. The molecule has 0 atom stereocenters. The van der Waals surface area contributed by atoms with Gasteiger partial charge in [-0.25, -0.2) is 8.78 Å². The zero-order valence-corrected chi connectivity index (χ0v) is 10.8. The van der Waals surface area contributed by atoms with Crippen molar-refractivity contribution in [2.24, 2.45) is 5.41 Å². The molecule has 0 bridgehead atoms. The molecule has 108 valence electrons. The van der Waals surface area contributed by atoms with Crippen molar-refractivity contribution >= 4 is 11.9 Å². The van der Waals surface area contributed by atoms with Crippen molar-refractivity contribution in [3.8, 4) is 0 Å². The van der Waals surface area contributed by atoms with Crippen molar-refractivity contribution in [2.45, 2.75) is 25.7 Å². The zero-order chi connectivity index (χ0) is 14.8. The molecule has 0 heterocycles. The standard InChI is InChI=1S/C14H15F2NO3/c15-10-3-2-9(11(16)7-10)6-12(18)17-8-14(13(19)20)4-1-5-14/h2-3,7H,1,4-6,8H2,(H,17,18)(H,19,20). The Morgan fingerprint density at radius 1 is 1.30 bits per heavy atom. The fourth-order valence-corrected chi connectivity index (χ4v) is 2.24. The average molecular weight is 283 g/mol. The smallest absolute Gasteiger partial charge is 0.311 e. The molecule has 1 aliphatic carbocycles. The van der Waals surface area contributed by atoms with E-state index in [4.69, 9.17) is 5.11 Å². The number of carboxylic acids is 1. The summed E-state index contributed by atoms with van der Waals surface area (Å²) in [5.41, 5.74) is -0.793. The number of carbonyl (C=O) groups excluding carboxylic acids is 1. The van der Waals surface area contributed by atoms with Crippen LogP contribution in [0.15, 0.2) is 18.2 Å². The molecule has 20 heavy (non-hydrogen) atoms. The van der Waals surface area contributed by atoms with Crippen LogP contribution in [0, 0.1) is 17.0 Å². The maximum absolute atomic E-state index is 13.4. The van der Waals surface area contributed by atoms with E-state index in [1.54, 1.807) is 0 Å². The van der Waals surface area contributed by atoms with Crippen molar-refractivity contribution in [1.82, 2.24) is 5.32 Å². The van der Waals surface area contributed by atoms with E-state index < -0.39 is 28.9 Å². The molecule has 4 nitrogen and oxygen atoms in total. The van der Waals surface area contributed by atoms with E-state index in [2.05, 4.69) is 5.32 Å². The number of amides is 1. The fraction of sp³-hybridized carbons (Fsp3) is 0.429. The minimum atomic E-state index is -0.919. The predicted octanol–water partition coefficient (Wildman–Crippen LogP) is 1.88. The number of nitrogens with one attached hydrogen (secondary N) is 1. The van der Waals surface area contributed by atoms with Gasteiger partial charge < -0.3 is 10.4 Å². The number of carboxylic acid groups (broad SMARTS) is 1. The van der Waals surface area contributed by atoms with Crippen LogP contribution in [0.25, 0.3) is 0 Å². The van der Waals surface area contributed by atoms with Crippen molar-refractivity contribution in [1.29, 1.82) is 0 Å². The number of aliphatic carboxylic acids is 1. The summed E-state index contributed by atoms with van der Waals surface area (Å²) in [5, 5.41) is 11.6. The summed E-state index contributed by atoms with van der Waals surface area (Å²) in [7, 11) is 0. The van der Waals surface area contributed by atoms with Crippen LogP contribution < -0.4 is 5.32 Å². The number of halogens is 2. The first-order valence-corrected chi connectivity index (χ1v) is 6.37. The maximum atomic E-state index is 13.4. The Labute approximate surface area is 114 Å². The lowest BCUT2D eigenvalue weighted by atomic mass is 9.69. The summed E-state index contributed by atoms with van der Waals surface area (Å²) in [6, 6.07) is 3.00. The van der Waals surface area contributed by atoms with Crippen LogP contribution in [-0.4, -0.2) is 23.5 Å². The van der Waals surface area contributed by atoms with Gasteiger partial charge in [-0.3, -0.25) is 9.59 Å². The van der Waals surface area contributed by atoms with Gasteiger partial charge in [0.15, 0.2) is 0 Å². The minimum absolute atomic E-state index is 0.0456. The number of benzene rings is 1. The lowest BCUT2D eigenvalue weighted by Gasteiger charge is -2.37. The molecule has 0 spiro atoms. The van der Waals surface area contributed by atoms with Gasteiger partial charge in [-0.05, 0) is 24.5 Å². The maximum Gasteiger partial charge on any atom is 0.311 e. The highest BCUT2D eigenvalue weighted by molar-refractivity contribution is 5.81. The first kappa shape index (κ1) is 14.4. The van der Waals surface area contributed by atoms with Gasteiger partial charge in [-0.2, -0.15) is 0 Å². The molecule has 2 N–H and O–H groups in total. The van der Waals surface area contributed by atoms with Gasteiger partial charge in [0.2, 0.25) is 5.91 Å². The Morgan fingerprint density at radius 2 is 2.00 bits per heavy atom. The molecule has 2 rings (SSSR count). The lowest BCUT2D eigenvalue weighted by Crippen LogP contribution is -2.47. The molecule has 1 saturated carbocycles. The van der Waals surface area contributed by atoms with E-state index in [0.717, 1.165) is 12.5 Å². The van der Waals surface area contributed by atoms with Crippen LogP contribution in [0.3, 0.4) is 0 Å². The van der Waals surface area contributed by atoms with Gasteiger partial charge in [-0.15, -0.1) is 0 Å². The third-order valence-corrected chi connectivity index (χ3v) is 3.75. The molecule has 0 aromatic heterocycles. The normalized spacial score (nSPS) is 16.3. The SMILES string of the molecule is O=C(Cc1ccc(F)cc1F)NCC1(C(=O)O)CCC1. The number of hydrogen-bond acceptors (Lipinski definition) is 2. The highest BCUT2D eigenvalue weighted by Gasteiger charge is 2.44. The van der Waals surface area contributed by atoms with Crippen LogP contribution in [0.2, 0.25) is 0 Å². The van der Waals surface area contributed by atoms with E-state index in [1.165, 1.54) is 6.07 Å². The molecule has 0 aliphatic heterocycles. The van der Waals surface area contributed by atoms with Crippen LogP contribution in [0.5, 0.6) is 0 Å². The molecule has 1 aromatic carbocycles. The molecule has 6 heteroatoms. The first-order valence-electron chi connectivity index (χ1n) is 6.37. The quantitative estimate of drug-likeness (QED) is 0.867. The van der Waals surface area contributed by atoms with Crippen LogP contribution >= 0.6 is 0 Å². The number of carbonyl (C=O) groups is 2. The summed E-state index contributed by atoms with van der Waals surface area (Å²) in [6.45, 7) is 0.0456. The fourth-order valence-electron chi connectivity index (χ4n) is 2.24. The Bertz CT molecular complexity index is 541. The second-order valence-electron chi connectivity index (χ2n) is 5.13. The molecular weight excluding hydrogens is 268 g/mol. The van der Waals surface area contributed by atoms with Gasteiger partial charge >= 0.3 is 5.97 Å². The monoisotopic (exact) mass is 283 g/mol. The Morgan fingerprint density at radius 3 is 2.50 bits per heavy atom. The summed E-state index contributed by atoms with van der Waals surface area (Å²) < 4.78 is 26.1. The summed E-state index contributed by atoms with van der Waals surface area (Å²) in [5.74, 6) is -2.87. The summed E-state index contributed by atoms with van der Waals surface area (Å²) >= 11 is 0. The van der Waals surface area contributed by atoms with Crippen LogP contribution in [0.4, 0.5) is 8.78 Å². The highest BCUT2D eigenvalue weighted by Crippen LogP contribution is 2.40. The zero-order valence-electron chi connectivity index (χ0n) is 10.8. The third kappa shape index (κ3) is 2.95. The van der Waals surface area contributed by atoms with Gasteiger partial charge in [-0.1, -0.05) is 12.5 Å². The third-order valence-electron chi connectivity index (χ3n) is 3.75. The topological polar surface area (TPSA) is 66.4 Å². The Hall–Kier alpha value is -1.98. The molecule has 1 amide bonds. The Kier molecular flexibility index (Phi) is 4.01. The van der Waals surface area contributed by atoms with E-state index in [1.807, 2.05) is 0 Å². The highest BCUT2D eigenvalue weighted by atomic mass is 19.1. The largest absolute Gasteiger partial charge is 0.481 e. The Balaban J connectivity index is 1.91. The van der Waals surface area contributed by atoms with Crippen molar-refractivity contribution in [3.63, 3.8) is 0 Å².